The second kappa shape index (κ2) is 14.5. The van der Waals surface area contributed by atoms with Gasteiger partial charge >= 0.3 is 6.03 Å². The number of hydrogen-bond donors (Lipinski definition) is 2. The Morgan fingerprint density at radius 1 is 0.976 bits per heavy atom. The van der Waals surface area contributed by atoms with Crippen LogP contribution in [0.25, 0.3) is 0 Å². The molecule has 0 unspecified atom stereocenters. The average molecular weight is 574 g/mol. The van der Waals surface area contributed by atoms with E-state index < -0.39 is 12.2 Å². The summed E-state index contributed by atoms with van der Waals surface area (Å²) in [5.41, 5.74) is 2.76. The monoisotopic (exact) mass is 573 g/mol. The van der Waals surface area contributed by atoms with Gasteiger partial charge in [0.25, 0.3) is 0 Å². The summed E-state index contributed by atoms with van der Waals surface area (Å²) in [6.45, 7) is 3.09. The Morgan fingerprint density at radius 3 is 2.24 bits per heavy atom. The summed E-state index contributed by atoms with van der Waals surface area (Å²) in [6.07, 6.45) is -0.519. The Morgan fingerprint density at radius 2 is 1.60 bits per heavy atom. The van der Waals surface area contributed by atoms with Crippen LogP contribution < -0.4 is 5.32 Å². The van der Waals surface area contributed by atoms with Crippen molar-refractivity contribution in [1.29, 1.82) is 0 Å². The molecule has 0 bridgehead atoms. The molecular weight excluding hydrogens is 534 g/mol. The number of nitrogens with zero attached hydrogens (tertiary/aromatic N) is 4. The number of hydrogen-bond acceptors (Lipinski definition) is 6. The maximum absolute atomic E-state index is 13.9. The lowest BCUT2D eigenvalue weighted by Gasteiger charge is -2.49. The summed E-state index contributed by atoms with van der Waals surface area (Å²) in [7, 11) is 3.37. The number of nitrogens with one attached hydrogen (secondary N) is 1. The van der Waals surface area contributed by atoms with E-state index in [2.05, 4.69) is 5.32 Å². The van der Waals surface area contributed by atoms with Crippen LogP contribution in [0.1, 0.15) is 23.6 Å². The van der Waals surface area contributed by atoms with E-state index >= 15 is 0 Å². The van der Waals surface area contributed by atoms with Crippen LogP contribution in [0.5, 0.6) is 5.75 Å². The molecule has 2 N–H and O–H groups in total. The zero-order valence-corrected chi connectivity index (χ0v) is 24.3. The number of hydrazine groups is 1. The molecule has 4 amide bonds. The molecule has 10 heteroatoms. The zero-order chi connectivity index (χ0) is 30.1. The largest absolute Gasteiger partial charge is 0.508 e. The zero-order valence-electron chi connectivity index (χ0n) is 24.3. The number of phenols is 1. The first-order valence-electron chi connectivity index (χ1n) is 14.0. The van der Waals surface area contributed by atoms with Crippen molar-refractivity contribution < 1.29 is 24.2 Å². The Balaban J connectivity index is 1.49. The van der Waals surface area contributed by atoms with Crippen molar-refractivity contribution >= 4 is 17.8 Å². The number of rotatable bonds is 11. The molecule has 0 spiro atoms. The third-order valence-electron chi connectivity index (χ3n) is 7.32. The van der Waals surface area contributed by atoms with Crippen LogP contribution in [0.3, 0.4) is 0 Å². The van der Waals surface area contributed by atoms with Crippen LogP contribution in [-0.4, -0.2) is 88.8 Å². The van der Waals surface area contributed by atoms with Crippen molar-refractivity contribution in [3.8, 4) is 5.75 Å². The highest BCUT2D eigenvalue weighted by Crippen LogP contribution is 2.23. The minimum atomic E-state index is -0.880. The highest BCUT2D eigenvalue weighted by Gasteiger charge is 2.43. The summed E-state index contributed by atoms with van der Waals surface area (Å²) in [4.78, 5) is 43.8. The van der Waals surface area contributed by atoms with Gasteiger partial charge in [-0.2, -0.15) is 0 Å². The number of carbonyl (C=O) groups excluding carboxylic acids is 3. The van der Waals surface area contributed by atoms with Gasteiger partial charge in [-0.1, -0.05) is 72.8 Å². The van der Waals surface area contributed by atoms with Gasteiger partial charge in [-0.3, -0.25) is 9.59 Å². The summed E-state index contributed by atoms with van der Waals surface area (Å²) in [5.74, 6) is -0.414. The number of benzene rings is 3. The van der Waals surface area contributed by atoms with Crippen molar-refractivity contribution in [2.24, 2.45) is 0 Å². The third-order valence-corrected chi connectivity index (χ3v) is 7.32. The number of likely N-dealkylation sites (N-methyl/N-ethyl adjacent to an activating group) is 2. The molecule has 1 aliphatic heterocycles. The third kappa shape index (κ3) is 7.86. The minimum Gasteiger partial charge on any atom is -0.508 e. The minimum absolute atomic E-state index is 0.0631. The van der Waals surface area contributed by atoms with Gasteiger partial charge in [0.1, 0.15) is 18.0 Å². The van der Waals surface area contributed by atoms with Crippen LogP contribution in [0, 0.1) is 0 Å². The highest BCUT2D eigenvalue weighted by atomic mass is 16.5. The predicted molar refractivity (Wildman–Crippen MR) is 159 cm³/mol. The van der Waals surface area contributed by atoms with E-state index in [1.165, 1.54) is 9.91 Å². The fraction of sp³-hybridized carbons (Fsp3) is 0.344. The molecule has 3 aromatic rings. The van der Waals surface area contributed by atoms with Gasteiger partial charge in [0, 0.05) is 33.6 Å². The first kappa shape index (κ1) is 30.5. The van der Waals surface area contributed by atoms with Crippen molar-refractivity contribution in [3.63, 3.8) is 0 Å². The normalized spacial score (nSPS) is 16.3. The van der Waals surface area contributed by atoms with Crippen molar-refractivity contribution in [3.05, 3.63) is 102 Å². The SMILES string of the molecule is C[C@H]1N([C@@H](Cc2ccc(O)cc2)C(=O)N(C)CCOCc2ccccc2)C(=O)CN(C)N1C(=O)NCc1ccccc1. The van der Waals surface area contributed by atoms with Gasteiger partial charge in [0.05, 0.1) is 19.8 Å². The van der Waals surface area contributed by atoms with Gasteiger partial charge < -0.3 is 25.0 Å². The van der Waals surface area contributed by atoms with E-state index in [-0.39, 0.29) is 36.6 Å². The molecule has 222 valence electrons. The second-order valence-electron chi connectivity index (χ2n) is 10.4. The molecule has 4 rings (SSSR count). The predicted octanol–water partition coefficient (Wildman–Crippen LogP) is 3.23. The molecule has 10 nitrogen and oxygen atoms in total. The number of ether oxygens (including phenoxy) is 1. The summed E-state index contributed by atoms with van der Waals surface area (Å²) in [6, 6.07) is 24.7. The summed E-state index contributed by atoms with van der Waals surface area (Å²) >= 11 is 0. The second-order valence-corrected chi connectivity index (χ2v) is 10.4. The highest BCUT2D eigenvalue weighted by molar-refractivity contribution is 5.90. The molecule has 0 saturated carbocycles. The molecule has 2 atom stereocenters. The van der Waals surface area contributed by atoms with Gasteiger partial charge in [-0.25, -0.2) is 14.8 Å². The van der Waals surface area contributed by atoms with E-state index in [4.69, 9.17) is 4.74 Å². The molecular formula is C32H39N5O5. The average Bonchev–Trinajstić information content (AvgIpc) is 2.99. The molecule has 1 aliphatic rings. The summed E-state index contributed by atoms with van der Waals surface area (Å²) < 4.78 is 5.80. The number of amides is 4. The number of aromatic hydroxyl groups is 1. The van der Waals surface area contributed by atoms with E-state index in [0.29, 0.717) is 26.3 Å². The van der Waals surface area contributed by atoms with E-state index in [9.17, 15) is 19.5 Å². The Labute approximate surface area is 247 Å². The quantitative estimate of drug-likeness (QED) is 0.342. The van der Waals surface area contributed by atoms with E-state index in [1.807, 2.05) is 60.7 Å². The van der Waals surface area contributed by atoms with Gasteiger partial charge in [0.2, 0.25) is 11.8 Å². The van der Waals surface area contributed by atoms with Crippen molar-refractivity contribution in [2.75, 3.05) is 33.8 Å². The number of carbonyl (C=O) groups is 3. The molecule has 0 aliphatic carbocycles. The van der Waals surface area contributed by atoms with Crippen LogP contribution in [0.15, 0.2) is 84.9 Å². The maximum atomic E-state index is 13.9. The summed E-state index contributed by atoms with van der Waals surface area (Å²) in [5, 5.41) is 15.8. The lowest BCUT2D eigenvalue weighted by atomic mass is 10.0. The smallest absolute Gasteiger partial charge is 0.334 e. The fourth-order valence-electron chi connectivity index (χ4n) is 5.07. The molecule has 1 heterocycles. The lowest BCUT2D eigenvalue weighted by Crippen LogP contribution is -2.70. The van der Waals surface area contributed by atoms with Crippen LogP contribution in [0.4, 0.5) is 4.79 Å². The van der Waals surface area contributed by atoms with Crippen LogP contribution in [0.2, 0.25) is 0 Å². The van der Waals surface area contributed by atoms with Crippen LogP contribution in [-0.2, 0) is 33.9 Å². The maximum Gasteiger partial charge on any atom is 0.334 e. The van der Waals surface area contributed by atoms with E-state index in [1.54, 1.807) is 55.2 Å². The van der Waals surface area contributed by atoms with Crippen molar-refractivity contribution in [1.82, 2.24) is 25.1 Å². The van der Waals surface area contributed by atoms with Gasteiger partial charge in [-0.05, 0) is 35.7 Å². The Hall–Kier alpha value is -4.41. The number of phenolic OH excluding ortho intramolecular Hbond substituents is 1. The van der Waals surface area contributed by atoms with Crippen molar-refractivity contribution in [2.45, 2.75) is 38.7 Å². The van der Waals surface area contributed by atoms with Gasteiger partial charge in [0.15, 0.2) is 0 Å². The van der Waals surface area contributed by atoms with Gasteiger partial charge in [-0.15, -0.1) is 0 Å². The molecule has 3 aromatic carbocycles. The molecule has 1 saturated heterocycles. The topological polar surface area (TPSA) is 106 Å². The molecule has 0 aromatic heterocycles. The van der Waals surface area contributed by atoms with Crippen LogP contribution >= 0.6 is 0 Å². The standard InChI is InChI=1S/C32H39N5O5/c1-24-36(30(39)22-35(3)37(24)32(41)33-21-26-10-6-4-7-11-26)29(20-25-14-16-28(38)17-15-25)31(40)34(2)18-19-42-23-27-12-8-5-9-13-27/h4-17,24,29,38H,18-23H2,1-3H3,(H,33,41)/t24-,29-/m0/s1. The number of urea groups is 1. The molecule has 42 heavy (non-hydrogen) atoms. The fourth-order valence-corrected chi connectivity index (χ4v) is 5.07. The Kier molecular flexibility index (Phi) is 10.5. The Bertz CT molecular complexity index is 1320. The molecule has 1 fully saturated rings. The first-order chi connectivity index (χ1) is 20.2. The lowest BCUT2D eigenvalue weighted by molar-refractivity contribution is -0.171. The molecule has 0 radical (unpaired) electrons. The van der Waals surface area contributed by atoms with E-state index in [0.717, 1.165) is 16.7 Å². The first-order valence-corrected chi connectivity index (χ1v) is 14.0.